The van der Waals surface area contributed by atoms with E-state index in [9.17, 15) is 0 Å². The molecule has 0 fully saturated rings. The zero-order chi connectivity index (χ0) is 10.3. The second-order valence-electron chi connectivity index (χ2n) is 3.91. The molecule has 13 heavy (non-hydrogen) atoms. The molecule has 0 amide bonds. The van der Waals surface area contributed by atoms with Crippen LogP contribution < -0.4 is 0 Å². The lowest BCUT2D eigenvalue weighted by Gasteiger charge is -2.17. The highest BCUT2D eigenvalue weighted by atomic mass is 16.7. The highest BCUT2D eigenvalue weighted by Gasteiger charge is 2.18. The maximum Gasteiger partial charge on any atom is 0.275 e. The normalized spacial score (nSPS) is 14.5. The lowest BCUT2D eigenvalue weighted by Crippen LogP contribution is -2.27. The number of hydrogen-bond acceptors (Lipinski definition) is 3. The molecule has 0 aliphatic heterocycles. The second kappa shape index (κ2) is 6.35. The quantitative estimate of drug-likeness (QED) is 0.422. The van der Waals surface area contributed by atoms with Gasteiger partial charge in [-0.25, -0.2) is 0 Å². The summed E-state index contributed by atoms with van der Waals surface area (Å²) in [5.74, 6) is -2.02. The molecular weight excluding hydrogens is 168 g/mol. The van der Waals surface area contributed by atoms with Crippen molar-refractivity contribution in [3.63, 3.8) is 0 Å². The maximum atomic E-state index is 8.65. The Bertz CT molecular complexity index is 118. The lowest BCUT2D eigenvalue weighted by atomic mass is 9.98. The average molecular weight is 190 g/mol. The molecule has 0 aromatic rings. The third-order valence-corrected chi connectivity index (χ3v) is 2.27. The average Bonchev–Trinajstić information content (AvgIpc) is 2.00. The third kappa shape index (κ3) is 9.80. The Morgan fingerprint density at radius 2 is 1.69 bits per heavy atom. The summed E-state index contributed by atoms with van der Waals surface area (Å²) < 4.78 is 0. The van der Waals surface area contributed by atoms with Gasteiger partial charge in [0.2, 0.25) is 0 Å². The molecule has 3 heteroatoms. The van der Waals surface area contributed by atoms with Crippen molar-refractivity contribution >= 4 is 0 Å². The lowest BCUT2D eigenvalue weighted by molar-refractivity contribution is -0.315. The summed E-state index contributed by atoms with van der Waals surface area (Å²) in [6.07, 6.45) is 5.42. The summed E-state index contributed by atoms with van der Waals surface area (Å²) in [6.45, 7) is 4.23. The smallest absolute Gasteiger partial charge is 0.275 e. The van der Waals surface area contributed by atoms with Gasteiger partial charge in [-0.05, 0) is 12.3 Å². The Morgan fingerprint density at radius 1 is 1.08 bits per heavy atom. The minimum atomic E-state index is -2.47. The monoisotopic (exact) mass is 190 g/mol. The standard InChI is InChI=1S/C10H22O3/c1-3-4-5-6-9(2)7-8-10(11,12)13/h9,11-13H,3-8H2,1-2H3. The molecule has 1 atom stereocenters. The van der Waals surface area contributed by atoms with Crippen LogP contribution in [-0.4, -0.2) is 21.3 Å². The Morgan fingerprint density at radius 3 is 2.15 bits per heavy atom. The molecule has 0 aromatic carbocycles. The first-order chi connectivity index (χ1) is 5.95. The molecular formula is C10H22O3. The Balaban J connectivity index is 3.35. The van der Waals surface area contributed by atoms with Crippen LogP contribution in [0, 0.1) is 5.92 Å². The summed E-state index contributed by atoms with van der Waals surface area (Å²) >= 11 is 0. The molecule has 0 rings (SSSR count). The predicted octanol–water partition coefficient (Wildman–Crippen LogP) is 1.61. The molecule has 0 bridgehead atoms. The van der Waals surface area contributed by atoms with E-state index in [1.165, 1.54) is 19.3 Å². The molecule has 0 heterocycles. The van der Waals surface area contributed by atoms with Gasteiger partial charge in [0.1, 0.15) is 0 Å². The van der Waals surface area contributed by atoms with E-state index in [0.717, 1.165) is 6.42 Å². The zero-order valence-corrected chi connectivity index (χ0v) is 8.66. The number of aliphatic hydroxyl groups is 3. The molecule has 0 spiro atoms. The SMILES string of the molecule is CCCCCC(C)CCC(O)(O)O. The van der Waals surface area contributed by atoms with E-state index in [1.54, 1.807) is 0 Å². The molecule has 0 aliphatic carbocycles. The summed E-state index contributed by atoms with van der Waals surface area (Å²) in [6, 6.07) is 0. The molecule has 0 aliphatic rings. The van der Waals surface area contributed by atoms with Crippen molar-refractivity contribution in [2.75, 3.05) is 0 Å². The van der Waals surface area contributed by atoms with E-state index >= 15 is 0 Å². The van der Waals surface area contributed by atoms with E-state index in [-0.39, 0.29) is 6.42 Å². The molecule has 0 saturated heterocycles. The van der Waals surface area contributed by atoms with Crippen LogP contribution in [0.15, 0.2) is 0 Å². The van der Waals surface area contributed by atoms with Gasteiger partial charge in [0.05, 0.1) is 0 Å². The summed E-state index contributed by atoms with van der Waals surface area (Å²) in [5.41, 5.74) is 0. The van der Waals surface area contributed by atoms with Gasteiger partial charge in [0.15, 0.2) is 0 Å². The van der Waals surface area contributed by atoms with Crippen LogP contribution >= 0.6 is 0 Å². The van der Waals surface area contributed by atoms with Gasteiger partial charge in [-0.15, -0.1) is 0 Å². The topological polar surface area (TPSA) is 60.7 Å². The Hall–Kier alpha value is -0.120. The molecule has 1 unspecified atom stereocenters. The predicted molar refractivity (Wildman–Crippen MR) is 51.9 cm³/mol. The van der Waals surface area contributed by atoms with Crippen molar-refractivity contribution in [2.45, 2.75) is 58.3 Å². The Kier molecular flexibility index (Phi) is 6.29. The highest BCUT2D eigenvalue weighted by Crippen LogP contribution is 2.17. The van der Waals surface area contributed by atoms with Crippen molar-refractivity contribution < 1.29 is 15.3 Å². The molecule has 3 N–H and O–H groups in total. The van der Waals surface area contributed by atoms with Crippen LogP contribution in [-0.2, 0) is 0 Å². The molecule has 0 aromatic heterocycles. The van der Waals surface area contributed by atoms with Crippen LogP contribution in [0.25, 0.3) is 0 Å². The van der Waals surface area contributed by atoms with Crippen molar-refractivity contribution in [1.82, 2.24) is 0 Å². The van der Waals surface area contributed by atoms with Gasteiger partial charge in [-0.2, -0.15) is 0 Å². The number of unbranched alkanes of at least 4 members (excludes halogenated alkanes) is 2. The highest BCUT2D eigenvalue weighted by molar-refractivity contribution is 4.57. The van der Waals surface area contributed by atoms with E-state index in [1.807, 2.05) is 0 Å². The number of rotatable bonds is 7. The van der Waals surface area contributed by atoms with Gasteiger partial charge in [0, 0.05) is 6.42 Å². The van der Waals surface area contributed by atoms with E-state index < -0.39 is 5.97 Å². The summed E-state index contributed by atoms with van der Waals surface area (Å²) in [5, 5.41) is 25.9. The van der Waals surface area contributed by atoms with Crippen molar-refractivity contribution in [3.8, 4) is 0 Å². The molecule has 80 valence electrons. The number of hydrogen-bond donors (Lipinski definition) is 3. The molecule has 0 saturated carbocycles. The van der Waals surface area contributed by atoms with Crippen LogP contribution in [0.2, 0.25) is 0 Å². The van der Waals surface area contributed by atoms with Crippen LogP contribution in [0.4, 0.5) is 0 Å². The van der Waals surface area contributed by atoms with Gasteiger partial charge in [0.25, 0.3) is 5.97 Å². The van der Waals surface area contributed by atoms with E-state index in [2.05, 4.69) is 13.8 Å². The summed E-state index contributed by atoms with van der Waals surface area (Å²) in [4.78, 5) is 0. The van der Waals surface area contributed by atoms with Crippen molar-refractivity contribution in [3.05, 3.63) is 0 Å². The van der Waals surface area contributed by atoms with E-state index in [0.29, 0.717) is 12.3 Å². The fourth-order valence-electron chi connectivity index (χ4n) is 1.33. The largest absolute Gasteiger partial charge is 0.344 e. The van der Waals surface area contributed by atoms with Crippen molar-refractivity contribution in [1.29, 1.82) is 0 Å². The Labute approximate surface area is 80.4 Å². The molecule has 0 radical (unpaired) electrons. The summed E-state index contributed by atoms with van der Waals surface area (Å²) in [7, 11) is 0. The van der Waals surface area contributed by atoms with E-state index in [4.69, 9.17) is 15.3 Å². The minimum Gasteiger partial charge on any atom is -0.344 e. The first kappa shape index (κ1) is 12.9. The third-order valence-electron chi connectivity index (χ3n) is 2.27. The van der Waals surface area contributed by atoms with Crippen molar-refractivity contribution in [2.24, 2.45) is 5.92 Å². The fraction of sp³-hybridized carbons (Fsp3) is 1.00. The maximum absolute atomic E-state index is 8.65. The molecule has 3 nitrogen and oxygen atoms in total. The van der Waals surface area contributed by atoms with Crippen LogP contribution in [0.1, 0.15) is 52.4 Å². The van der Waals surface area contributed by atoms with Gasteiger partial charge < -0.3 is 15.3 Å². The van der Waals surface area contributed by atoms with Gasteiger partial charge in [-0.3, -0.25) is 0 Å². The van der Waals surface area contributed by atoms with Gasteiger partial charge in [-0.1, -0.05) is 39.5 Å². The first-order valence-electron chi connectivity index (χ1n) is 5.13. The first-order valence-corrected chi connectivity index (χ1v) is 5.13. The van der Waals surface area contributed by atoms with Gasteiger partial charge >= 0.3 is 0 Å². The van der Waals surface area contributed by atoms with Crippen LogP contribution in [0.3, 0.4) is 0 Å². The second-order valence-corrected chi connectivity index (χ2v) is 3.91. The minimum absolute atomic E-state index is 0.0420. The zero-order valence-electron chi connectivity index (χ0n) is 8.66. The fourth-order valence-corrected chi connectivity index (χ4v) is 1.33. The van der Waals surface area contributed by atoms with Crippen LogP contribution in [0.5, 0.6) is 0 Å².